The third-order valence-corrected chi connectivity index (χ3v) is 7.69. The lowest BCUT2D eigenvalue weighted by Crippen LogP contribution is -2.63. The molecule has 4 atom stereocenters. The zero-order chi connectivity index (χ0) is 19.8. The molecule has 2 heteroatoms. The lowest BCUT2D eigenvalue weighted by Gasteiger charge is -2.58. The van der Waals surface area contributed by atoms with Crippen molar-refractivity contribution in [3.8, 4) is 0 Å². The summed E-state index contributed by atoms with van der Waals surface area (Å²) < 4.78 is 0. The van der Waals surface area contributed by atoms with Crippen LogP contribution in [0.15, 0.2) is 34.9 Å². The predicted octanol–water partition coefficient (Wildman–Crippen LogP) is 5.84. The number of hydrogen-bond acceptors (Lipinski definition) is 2. The summed E-state index contributed by atoms with van der Waals surface area (Å²) in [6.45, 7) is 13.0. The summed E-state index contributed by atoms with van der Waals surface area (Å²) in [6, 6.07) is 0. The molecule has 5 rings (SSSR count). The molecule has 0 unspecified atom stereocenters. The molecular formula is C25H34O2. The third kappa shape index (κ3) is 2.44. The molecule has 5 aliphatic rings. The number of allylic oxidation sites excluding steroid dienone is 6. The van der Waals surface area contributed by atoms with Gasteiger partial charge in [0.2, 0.25) is 11.6 Å². The normalized spacial score (nSPS) is 36.4. The molecule has 0 saturated heterocycles. The number of Topliss-reactive ketones (excluding diaryl/α,β-unsaturated/α-hetero) is 2. The van der Waals surface area contributed by atoms with Crippen LogP contribution in [0.4, 0.5) is 0 Å². The van der Waals surface area contributed by atoms with E-state index < -0.39 is 5.41 Å². The molecule has 0 amide bonds. The summed E-state index contributed by atoms with van der Waals surface area (Å²) >= 11 is 0. The van der Waals surface area contributed by atoms with E-state index in [0.29, 0.717) is 0 Å². The van der Waals surface area contributed by atoms with Crippen molar-refractivity contribution in [3.05, 3.63) is 34.9 Å². The lowest BCUT2D eigenvalue weighted by atomic mass is 9.42. The number of rotatable bonds is 0. The Morgan fingerprint density at radius 2 is 1.59 bits per heavy atom. The van der Waals surface area contributed by atoms with Gasteiger partial charge in [-0.1, -0.05) is 77.3 Å². The van der Waals surface area contributed by atoms with E-state index in [0.717, 1.165) is 12.8 Å². The van der Waals surface area contributed by atoms with E-state index in [2.05, 4.69) is 59.8 Å². The first-order valence-electron chi connectivity index (χ1n) is 10.7. The van der Waals surface area contributed by atoms with Crippen LogP contribution >= 0.6 is 0 Å². The highest BCUT2D eigenvalue weighted by atomic mass is 16.2. The molecule has 0 aromatic rings. The fourth-order valence-corrected chi connectivity index (χ4v) is 6.31. The van der Waals surface area contributed by atoms with Crippen molar-refractivity contribution in [2.45, 2.75) is 73.6 Å². The molecule has 0 aliphatic heterocycles. The van der Waals surface area contributed by atoms with E-state index in [9.17, 15) is 9.59 Å². The van der Waals surface area contributed by atoms with Crippen molar-refractivity contribution in [2.24, 2.45) is 34.0 Å². The van der Waals surface area contributed by atoms with Gasteiger partial charge in [-0.05, 0) is 42.1 Å². The van der Waals surface area contributed by atoms with Crippen molar-refractivity contribution in [3.63, 3.8) is 0 Å². The first kappa shape index (κ1) is 18.9. The summed E-state index contributed by atoms with van der Waals surface area (Å²) in [5, 5.41) is 0. The van der Waals surface area contributed by atoms with E-state index in [4.69, 9.17) is 0 Å². The van der Waals surface area contributed by atoms with Gasteiger partial charge in [-0.15, -0.1) is 0 Å². The first-order valence-corrected chi connectivity index (χ1v) is 10.7. The average Bonchev–Trinajstić information content (AvgIpc) is 3.03. The van der Waals surface area contributed by atoms with Crippen molar-refractivity contribution in [1.29, 1.82) is 0 Å². The minimum absolute atomic E-state index is 0.104. The second kappa shape index (κ2) is 5.78. The SMILES string of the molecule is CC(C)(C)C1=C[C@@]2(C(C)(C)C)C(=O)C(=O)[C@H]1[C@H]1C(=C3CCCCC3)C=C[C@H]12. The van der Waals surface area contributed by atoms with E-state index in [1.54, 1.807) is 5.57 Å². The zero-order valence-corrected chi connectivity index (χ0v) is 17.8. The standard InChI is InChI=1S/C25H34O2/c1-23(2,3)18-14-25(24(4,5)6)17-13-12-16(15-10-8-7-9-11-15)19(17)20(18)21(26)22(25)27/h12-14,17,19-20H,7-11H2,1-6H3/t17-,19+,20-,25+/m1/s1. The van der Waals surface area contributed by atoms with Gasteiger partial charge in [-0.25, -0.2) is 0 Å². The molecule has 0 spiro atoms. The minimum atomic E-state index is -0.709. The van der Waals surface area contributed by atoms with Gasteiger partial charge in [-0.2, -0.15) is 0 Å². The Morgan fingerprint density at radius 3 is 2.15 bits per heavy atom. The molecule has 0 radical (unpaired) electrons. The van der Waals surface area contributed by atoms with Gasteiger partial charge in [0.25, 0.3) is 0 Å². The first-order chi connectivity index (χ1) is 12.5. The topological polar surface area (TPSA) is 34.1 Å². The maximum atomic E-state index is 13.4. The van der Waals surface area contributed by atoms with Crippen LogP contribution in [0.2, 0.25) is 0 Å². The summed E-state index contributed by atoms with van der Waals surface area (Å²) in [4.78, 5) is 26.8. The highest BCUT2D eigenvalue weighted by Gasteiger charge is 2.67. The monoisotopic (exact) mass is 366 g/mol. The van der Waals surface area contributed by atoms with Gasteiger partial charge >= 0.3 is 0 Å². The molecule has 2 saturated carbocycles. The third-order valence-electron chi connectivity index (χ3n) is 7.69. The van der Waals surface area contributed by atoms with Crippen LogP contribution in [0.25, 0.3) is 0 Å². The minimum Gasteiger partial charge on any atom is -0.290 e. The van der Waals surface area contributed by atoms with Crippen LogP contribution in [-0.4, -0.2) is 11.6 Å². The van der Waals surface area contributed by atoms with E-state index in [1.165, 1.54) is 30.4 Å². The highest BCUT2D eigenvalue weighted by molar-refractivity contribution is 6.43. The molecule has 2 nitrogen and oxygen atoms in total. The second-order valence-corrected chi connectivity index (χ2v) is 11.2. The Hall–Kier alpha value is -1.44. The van der Waals surface area contributed by atoms with Gasteiger partial charge in [0, 0.05) is 11.8 Å². The largest absolute Gasteiger partial charge is 0.290 e. The Kier molecular flexibility index (Phi) is 4.05. The molecule has 146 valence electrons. The van der Waals surface area contributed by atoms with Crippen LogP contribution in [0.3, 0.4) is 0 Å². The van der Waals surface area contributed by atoms with Gasteiger partial charge < -0.3 is 0 Å². The Morgan fingerprint density at radius 1 is 0.963 bits per heavy atom. The Labute approximate surface area is 164 Å². The molecule has 0 aromatic carbocycles. The average molecular weight is 367 g/mol. The maximum Gasteiger partial charge on any atom is 0.210 e. The smallest absolute Gasteiger partial charge is 0.210 e. The van der Waals surface area contributed by atoms with E-state index in [1.807, 2.05) is 0 Å². The van der Waals surface area contributed by atoms with Crippen LogP contribution in [-0.2, 0) is 9.59 Å². The van der Waals surface area contributed by atoms with Gasteiger partial charge in [-0.3, -0.25) is 9.59 Å². The van der Waals surface area contributed by atoms with Crippen molar-refractivity contribution >= 4 is 11.6 Å². The van der Waals surface area contributed by atoms with Crippen molar-refractivity contribution in [1.82, 2.24) is 0 Å². The van der Waals surface area contributed by atoms with E-state index >= 15 is 0 Å². The summed E-state index contributed by atoms with van der Waals surface area (Å²) in [7, 11) is 0. The summed E-state index contributed by atoms with van der Waals surface area (Å²) in [5.74, 6) is -0.235. The van der Waals surface area contributed by atoms with Gasteiger partial charge in [0.15, 0.2) is 0 Å². The number of fused-ring (bicyclic) bond motifs is 1. The molecule has 0 heterocycles. The maximum absolute atomic E-state index is 13.4. The Balaban J connectivity index is 1.96. The van der Waals surface area contributed by atoms with E-state index in [-0.39, 0.29) is 40.2 Å². The number of carbonyl (C=O) groups is 2. The molecule has 2 bridgehead atoms. The molecule has 0 N–H and O–H groups in total. The number of hydrogen-bond donors (Lipinski definition) is 0. The predicted molar refractivity (Wildman–Crippen MR) is 109 cm³/mol. The van der Waals surface area contributed by atoms with Crippen LogP contribution in [0.5, 0.6) is 0 Å². The fourth-order valence-electron chi connectivity index (χ4n) is 6.31. The number of carbonyl (C=O) groups excluding carboxylic acids is 2. The van der Waals surface area contributed by atoms with Gasteiger partial charge in [0.05, 0.1) is 11.3 Å². The van der Waals surface area contributed by atoms with Crippen LogP contribution in [0, 0.1) is 34.0 Å². The molecule has 2 fully saturated rings. The molecule has 0 aromatic heterocycles. The van der Waals surface area contributed by atoms with Crippen LogP contribution in [0.1, 0.15) is 73.6 Å². The number of ketones is 2. The fraction of sp³-hybridized carbons (Fsp3) is 0.680. The van der Waals surface area contributed by atoms with Crippen molar-refractivity contribution < 1.29 is 9.59 Å². The molecule has 27 heavy (non-hydrogen) atoms. The second-order valence-electron chi connectivity index (χ2n) is 11.2. The van der Waals surface area contributed by atoms with Gasteiger partial charge in [0.1, 0.15) is 0 Å². The van der Waals surface area contributed by atoms with Crippen LogP contribution < -0.4 is 0 Å². The molecular weight excluding hydrogens is 332 g/mol. The lowest BCUT2D eigenvalue weighted by molar-refractivity contribution is -0.157. The quantitative estimate of drug-likeness (QED) is 0.399. The summed E-state index contributed by atoms with van der Waals surface area (Å²) in [5.41, 5.74) is 3.04. The Bertz CT molecular complexity index is 785. The van der Waals surface area contributed by atoms with Crippen molar-refractivity contribution in [2.75, 3.05) is 0 Å². The molecule has 5 aliphatic carbocycles. The summed E-state index contributed by atoms with van der Waals surface area (Å²) in [6.07, 6.45) is 13.0. The highest BCUT2D eigenvalue weighted by Crippen LogP contribution is 2.66. The zero-order valence-electron chi connectivity index (χ0n) is 17.8.